The molecule has 2 amide bonds. The zero-order chi connectivity index (χ0) is 17.3. The zero-order valence-corrected chi connectivity index (χ0v) is 13.4. The molecule has 2 aromatic carbocycles. The van der Waals surface area contributed by atoms with E-state index in [-0.39, 0.29) is 11.1 Å². The van der Waals surface area contributed by atoms with Crippen molar-refractivity contribution in [3.05, 3.63) is 64.2 Å². The summed E-state index contributed by atoms with van der Waals surface area (Å²) in [5, 5.41) is 0.999. The second kappa shape index (κ2) is 6.33. The van der Waals surface area contributed by atoms with Crippen molar-refractivity contribution in [2.45, 2.75) is 6.92 Å². The van der Waals surface area contributed by atoms with Crippen LogP contribution in [0.3, 0.4) is 0 Å². The predicted molar refractivity (Wildman–Crippen MR) is 84.7 cm³/mol. The van der Waals surface area contributed by atoms with E-state index in [0.717, 1.165) is 5.56 Å². The van der Waals surface area contributed by atoms with Crippen LogP contribution in [-0.4, -0.2) is 29.5 Å². The van der Waals surface area contributed by atoms with E-state index in [1.807, 2.05) is 0 Å². The van der Waals surface area contributed by atoms with Crippen molar-refractivity contribution in [1.29, 1.82) is 0 Å². The number of hydrogen-bond acceptors (Lipinski definition) is 5. The molecule has 7 heteroatoms. The van der Waals surface area contributed by atoms with Crippen molar-refractivity contribution in [3.63, 3.8) is 0 Å². The van der Waals surface area contributed by atoms with Crippen LogP contribution in [0, 0.1) is 6.92 Å². The third-order valence-corrected chi connectivity index (χ3v) is 3.67. The van der Waals surface area contributed by atoms with Gasteiger partial charge in [-0.3, -0.25) is 9.59 Å². The highest BCUT2D eigenvalue weighted by Gasteiger charge is 2.38. The molecular formula is C17H12ClNO5. The van der Waals surface area contributed by atoms with E-state index in [1.165, 1.54) is 12.1 Å². The van der Waals surface area contributed by atoms with Crippen molar-refractivity contribution >= 4 is 29.4 Å². The molecule has 0 aliphatic carbocycles. The molecule has 1 aliphatic rings. The lowest BCUT2D eigenvalue weighted by atomic mass is 10.1. The van der Waals surface area contributed by atoms with Crippen molar-refractivity contribution in [1.82, 2.24) is 5.06 Å². The number of nitrogens with zero attached hydrogens (tertiary/aromatic N) is 1. The molecule has 0 bridgehead atoms. The van der Waals surface area contributed by atoms with E-state index in [1.54, 1.807) is 37.3 Å². The van der Waals surface area contributed by atoms with E-state index in [4.69, 9.17) is 21.2 Å². The summed E-state index contributed by atoms with van der Waals surface area (Å²) in [6.07, 6.45) is 0. The highest BCUT2D eigenvalue weighted by molar-refractivity contribution is 6.30. The van der Waals surface area contributed by atoms with Gasteiger partial charge in [0.2, 0.25) is 0 Å². The highest BCUT2D eigenvalue weighted by Crippen LogP contribution is 2.24. The summed E-state index contributed by atoms with van der Waals surface area (Å²) in [5.41, 5.74) is 1.14. The first kappa shape index (κ1) is 16.0. The average molecular weight is 346 g/mol. The normalized spacial score (nSPS) is 13.0. The number of hydrogen-bond donors (Lipinski definition) is 0. The Morgan fingerprint density at radius 2 is 1.71 bits per heavy atom. The fourth-order valence-electron chi connectivity index (χ4n) is 2.29. The van der Waals surface area contributed by atoms with Crippen LogP contribution in [0.4, 0.5) is 0 Å². The first-order chi connectivity index (χ1) is 11.5. The largest absolute Gasteiger partial charge is 0.482 e. The topological polar surface area (TPSA) is 72.9 Å². The molecule has 0 fully saturated rings. The Bertz CT molecular complexity index is 814. The van der Waals surface area contributed by atoms with Crippen molar-refractivity contribution in [3.8, 4) is 5.75 Å². The maximum Gasteiger partial charge on any atom is 0.370 e. The minimum absolute atomic E-state index is 0.199. The van der Waals surface area contributed by atoms with Gasteiger partial charge in [-0.2, -0.15) is 0 Å². The SMILES string of the molecule is Cc1cc(Cl)ccc1OCC(=O)ON1C(=O)c2ccccc2C1=O. The quantitative estimate of drug-likeness (QED) is 0.797. The van der Waals surface area contributed by atoms with Crippen molar-refractivity contribution < 1.29 is 24.0 Å². The summed E-state index contributed by atoms with van der Waals surface area (Å²) in [4.78, 5) is 40.9. The third-order valence-electron chi connectivity index (χ3n) is 3.43. The second-order valence-electron chi connectivity index (χ2n) is 5.11. The lowest BCUT2D eigenvalue weighted by molar-refractivity contribution is -0.170. The molecule has 0 radical (unpaired) electrons. The van der Waals surface area contributed by atoms with Crippen molar-refractivity contribution in [2.75, 3.05) is 6.61 Å². The first-order valence-electron chi connectivity index (χ1n) is 7.05. The molecule has 0 N–H and O–H groups in total. The zero-order valence-electron chi connectivity index (χ0n) is 12.6. The average Bonchev–Trinajstić information content (AvgIpc) is 2.79. The Balaban J connectivity index is 1.64. The Kier molecular flexibility index (Phi) is 4.22. The van der Waals surface area contributed by atoms with E-state index in [2.05, 4.69) is 0 Å². The number of carbonyl (C=O) groups excluding carboxylic acids is 3. The van der Waals surface area contributed by atoms with Gasteiger partial charge in [-0.05, 0) is 42.8 Å². The Morgan fingerprint density at radius 1 is 1.08 bits per heavy atom. The van der Waals surface area contributed by atoms with Crippen LogP contribution < -0.4 is 4.74 Å². The number of benzene rings is 2. The molecular weight excluding hydrogens is 334 g/mol. The van der Waals surface area contributed by atoms with Gasteiger partial charge in [0.25, 0.3) is 11.8 Å². The van der Waals surface area contributed by atoms with E-state index in [0.29, 0.717) is 15.8 Å². The van der Waals surface area contributed by atoms with Crippen LogP contribution in [0.1, 0.15) is 26.3 Å². The highest BCUT2D eigenvalue weighted by atomic mass is 35.5. The van der Waals surface area contributed by atoms with Crippen LogP contribution in [0.5, 0.6) is 5.75 Å². The van der Waals surface area contributed by atoms with Gasteiger partial charge in [-0.1, -0.05) is 28.8 Å². The minimum atomic E-state index is -0.862. The van der Waals surface area contributed by atoms with Crippen LogP contribution in [0.2, 0.25) is 5.02 Å². The molecule has 0 spiro atoms. The van der Waals surface area contributed by atoms with E-state index >= 15 is 0 Å². The molecule has 0 unspecified atom stereocenters. The maximum absolute atomic E-state index is 12.1. The summed E-state index contributed by atoms with van der Waals surface area (Å²) in [6, 6.07) is 11.2. The lowest BCUT2D eigenvalue weighted by Gasteiger charge is -2.13. The molecule has 0 saturated carbocycles. The Hall–Kier alpha value is -2.86. The van der Waals surface area contributed by atoms with Gasteiger partial charge in [0.1, 0.15) is 5.75 Å². The van der Waals surface area contributed by atoms with Gasteiger partial charge >= 0.3 is 5.97 Å². The van der Waals surface area contributed by atoms with Crippen LogP contribution in [0.25, 0.3) is 0 Å². The summed E-state index contributed by atoms with van der Waals surface area (Å²) >= 11 is 5.84. The molecule has 2 aromatic rings. The molecule has 6 nitrogen and oxygen atoms in total. The summed E-state index contributed by atoms with van der Waals surface area (Å²) in [6.45, 7) is 1.33. The smallest absolute Gasteiger partial charge is 0.370 e. The number of imide groups is 1. The number of ether oxygens (including phenoxy) is 1. The number of aryl methyl sites for hydroxylation is 1. The van der Waals surface area contributed by atoms with E-state index < -0.39 is 24.4 Å². The molecule has 0 atom stereocenters. The number of hydroxylamine groups is 2. The second-order valence-corrected chi connectivity index (χ2v) is 5.55. The first-order valence-corrected chi connectivity index (χ1v) is 7.42. The standard InChI is InChI=1S/C17H12ClNO5/c1-10-8-11(18)6-7-14(10)23-9-15(20)24-19-16(21)12-4-2-3-5-13(12)17(19)22/h2-8H,9H2,1H3. The van der Waals surface area contributed by atoms with Gasteiger partial charge in [0.05, 0.1) is 11.1 Å². The molecule has 1 aliphatic heterocycles. The monoisotopic (exact) mass is 345 g/mol. The van der Waals surface area contributed by atoms with Crippen LogP contribution in [-0.2, 0) is 9.63 Å². The fraction of sp³-hybridized carbons (Fsp3) is 0.118. The van der Waals surface area contributed by atoms with Gasteiger partial charge in [-0.25, -0.2) is 4.79 Å². The van der Waals surface area contributed by atoms with Gasteiger partial charge < -0.3 is 9.57 Å². The molecule has 122 valence electrons. The lowest BCUT2D eigenvalue weighted by Crippen LogP contribution is -2.34. The fourth-order valence-corrected chi connectivity index (χ4v) is 2.52. The maximum atomic E-state index is 12.1. The van der Waals surface area contributed by atoms with Gasteiger partial charge in [-0.15, -0.1) is 0 Å². The Labute approximate surface area is 142 Å². The molecule has 3 rings (SSSR count). The molecule has 0 aromatic heterocycles. The third kappa shape index (κ3) is 2.96. The molecule has 0 saturated heterocycles. The number of fused-ring (bicyclic) bond motifs is 1. The predicted octanol–water partition coefficient (Wildman–Crippen LogP) is 2.78. The van der Waals surface area contributed by atoms with Gasteiger partial charge in [0.15, 0.2) is 6.61 Å². The summed E-state index contributed by atoms with van der Waals surface area (Å²) in [5.74, 6) is -1.75. The minimum Gasteiger partial charge on any atom is -0.482 e. The molecule has 1 heterocycles. The number of rotatable bonds is 4. The van der Waals surface area contributed by atoms with Crippen LogP contribution in [0.15, 0.2) is 42.5 Å². The number of halogens is 1. The molecule has 24 heavy (non-hydrogen) atoms. The van der Waals surface area contributed by atoms with E-state index in [9.17, 15) is 14.4 Å². The van der Waals surface area contributed by atoms with Crippen LogP contribution >= 0.6 is 11.6 Å². The summed E-state index contributed by atoms with van der Waals surface area (Å²) in [7, 11) is 0. The van der Waals surface area contributed by atoms with Crippen molar-refractivity contribution in [2.24, 2.45) is 0 Å². The number of amides is 2. The summed E-state index contributed by atoms with van der Waals surface area (Å²) < 4.78 is 5.33. The Morgan fingerprint density at radius 3 is 2.29 bits per heavy atom. The van der Waals surface area contributed by atoms with Gasteiger partial charge in [0, 0.05) is 5.02 Å². The number of carbonyl (C=O) groups is 3.